The lowest BCUT2D eigenvalue weighted by atomic mass is 10.0. The third-order valence-corrected chi connectivity index (χ3v) is 4.92. The van der Waals surface area contributed by atoms with Crippen molar-refractivity contribution in [2.45, 2.75) is 31.3 Å². The second-order valence-corrected chi connectivity index (χ2v) is 6.18. The predicted octanol–water partition coefficient (Wildman–Crippen LogP) is 1.22. The van der Waals surface area contributed by atoms with Gasteiger partial charge in [0.25, 0.3) is 0 Å². The van der Waals surface area contributed by atoms with Crippen molar-refractivity contribution in [1.29, 1.82) is 0 Å². The first-order valence-corrected chi connectivity index (χ1v) is 7.83. The fourth-order valence-corrected chi connectivity index (χ4v) is 3.62. The van der Waals surface area contributed by atoms with E-state index in [1.54, 1.807) is 6.33 Å². The summed E-state index contributed by atoms with van der Waals surface area (Å²) in [6, 6.07) is 8.40. The zero-order valence-corrected chi connectivity index (χ0v) is 12.7. The Labute approximate surface area is 129 Å². The molecule has 5 heteroatoms. The van der Waals surface area contributed by atoms with Crippen molar-refractivity contribution >= 4 is 5.91 Å². The Balaban J connectivity index is 1.53. The van der Waals surface area contributed by atoms with Crippen molar-refractivity contribution < 1.29 is 4.79 Å². The van der Waals surface area contributed by atoms with Crippen LogP contribution in [0.1, 0.15) is 28.6 Å². The summed E-state index contributed by atoms with van der Waals surface area (Å²) in [5.41, 5.74) is 4.67. The maximum atomic E-state index is 12.9. The zero-order valence-electron chi connectivity index (χ0n) is 12.7. The molecule has 22 heavy (non-hydrogen) atoms. The van der Waals surface area contributed by atoms with Gasteiger partial charge in [0.1, 0.15) is 6.04 Å². The molecular weight excluding hydrogens is 276 g/mol. The number of aromatic nitrogens is 2. The van der Waals surface area contributed by atoms with Gasteiger partial charge in [-0.3, -0.25) is 4.79 Å². The molecule has 114 valence electrons. The molecule has 1 aliphatic heterocycles. The van der Waals surface area contributed by atoms with Crippen LogP contribution in [0.3, 0.4) is 0 Å². The first-order chi connectivity index (χ1) is 10.7. The summed E-state index contributed by atoms with van der Waals surface area (Å²) in [7, 11) is 1.92. The van der Waals surface area contributed by atoms with E-state index >= 15 is 0 Å². The second-order valence-electron chi connectivity index (χ2n) is 6.18. The van der Waals surface area contributed by atoms with Gasteiger partial charge in [-0.2, -0.15) is 0 Å². The number of carbonyl (C=O) groups is 1. The summed E-state index contributed by atoms with van der Waals surface area (Å²) in [6.45, 7) is 0.810. The monoisotopic (exact) mass is 296 g/mol. The molecule has 1 aromatic carbocycles. The average molecular weight is 296 g/mol. The van der Waals surface area contributed by atoms with Crippen LogP contribution in [0, 0.1) is 0 Å². The van der Waals surface area contributed by atoms with Gasteiger partial charge in [0.15, 0.2) is 0 Å². The minimum absolute atomic E-state index is 0.117. The van der Waals surface area contributed by atoms with Crippen LogP contribution in [0.5, 0.6) is 0 Å². The molecule has 2 heterocycles. The molecule has 0 unspecified atom stereocenters. The molecule has 2 aromatic rings. The molecule has 5 nitrogen and oxygen atoms in total. The molecule has 2 N–H and O–H groups in total. The van der Waals surface area contributed by atoms with Gasteiger partial charge in [-0.05, 0) is 24.0 Å². The van der Waals surface area contributed by atoms with Crippen LogP contribution in [0.2, 0.25) is 0 Å². The van der Waals surface area contributed by atoms with E-state index in [-0.39, 0.29) is 18.0 Å². The Bertz CT molecular complexity index is 683. The van der Waals surface area contributed by atoms with Gasteiger partial charge in [-0.1, -0.05) is 24.3 Å². The van der Waals surface area contributed by atoms with Gasteiger partial charge < -0.3 is 15.2 Å². The van der Waals surface area contributed by atoms with Crippen LogP contribution in [0.15, 0.2) is 30.6 Å². The Morgan fingerprint density at radius 3 is 2.73 bits per heavy atom. The molecule has 0 bridgehead atoms. The number of H-pyrrole nitrogens is 1. The van der Waals surface area contributed by atoms with Gasteiger partial charge in [-0.15, -0.1) is 0 Å². The predicted molar refractivity (Wildman–Crippen MR) is 83.4 cm³/mol. The topological polar surface area (TPSA) is 61.0 Å². The average Bonchev–Trinajstić information content (AvgIpc) is 3.19. The van der Waals surface area contributed by atoms with E-state index in [4.69, 9.17) is 0 Å². The van der Waals surface area contributed by atoms with Crippen LogP contribution in [-0.4, -0.2) is 40.4 Å². The van der Waals surface area contributed by atoms with Gasteiger partial charge in [0.05, 0.1) is 12.0 Å². The maximum Gasteiger partial charge on any atom is 0.246 e. The standard InChI is InChI=1S/C17H20N4O/c1-21(13-8-11-4-2-3-5-12(11)9-13)17(22)16-15-14(6-7-18-16)19-10-20-15/h2-5,10,13,16,18H,6-9H2,1H3,(H,19,20)/t16-/m0/s1. The number of benzene rings is 1. The molecule has 1 atom stereocenters. The summed E-state index contributed by atoms with van der Waals surface area (Å²) in [6.07, 6.45) is 4.47. The molecule has 0 radical (unpaired) electrons. The number of aromatic amines is 1. The molecular formula is C17H20N4O. The molecule has 0 saturated carbocycles. The second kappa shape index (κ2) is 5.25. The first kappa shape index (κ1) is 13.5. The van der Waals surface area contributed by atoms with Gasteiger partial charge in [0, 0.05) is 31.7 Å². The van der Waals surface area contributed by atoms with Crippen molar-refractivity contribution in [3.63, 3.8) is 0 Å². The van der Waals surface area contributed by atoms with E-state index in [9.17, 15) is 4.79 Å². The van der Waals surface area contributed by atoms with Crippen LogP contribution in [0.25, 0.3) is 0 Å². The van der Waals surface area contributed by atoms with Crippen molar-refractivity contribution in [2.24, 2.45) is 0 Å². The van der Waals surface area contributed by atoms with E-state index < -0.39 is 0 Å². The van der Waals surface area contributed by atoms with Crippen molar-refractivity contribution in [1.82, 2.24) is 20.2 Å². The van der Waals surface area contributed by atoms with E-state index in [1.165, 1.54) is 11.1 Å². The van der Waals surface area contributed by atoms with Crippen molar-refractivity contribution in [2.75, 3.05) is 13.6 Å². The Morgan fingerprint density at radius 1 is 1.27 bits per heavy atom. The quantitative estimate of drug-likeness (QED) is 0.876. The SMILES string of the molecule is CN(C(=O)[C@H]1NCCc2[nH]cnc21)C1Cc2ccccc2C1. The molecule has 0 fully saturated rings. The van der Waals surface area contributed by atoms with Crippen LogP contribution in [0.4, 0.5) is 0 Å². The largest absolute Gasteiger partial charge is 0.348 e. The van der Waals surface area contributed by atoms with Crippen molar-refractivity contribution in [3.05, 3.63) is 53.1 Å². The van der Waals surface area contributed by atoms with Crippen LogP contribution >= 0.6 is 0 Å². The number of nitrogens with zero attached hydrogens (tertiary/aromatic N) is 2. The molecule has 0 spiro atoms. The molecule has 1 aliphatic carbocycles. The highest BCUT2D eigenvalue weighted by atomic mass is 16.2. The van der Waals surface area contributed by atoms with E-state index in [0.29, 0.717) is 0 Å². The number of hydrogen-bond acceptors (Lipinski definition) is 3. The summed E-state index contributed by atoms with van der Waals surface area (Å²) >= 11 is 0. The fraction of sp³-hybridized carbons (Fsp3) is 0.412. The molecule has 2 aliphatic rings. The lowest BCUT2D eigenvalue weighted by Gasteiger charge is -2.30. The van der Waals surface area contributed by atoms with E-state index in [0.717, 1.165) is 37.2 Å². The Hall–Kier alpha value is -2.14. The minimum Gasteiger partial charge on any atom is -0.348 e. The number of imidazole rings is 1. The summed E-state index contributed by atoms with van der Waals surface area (Å²) in [5.74, 6) is 0.117. The van der Waals surface area contributed by atoms with E-state index in [2.05, 4.69) is 39.6 Å². The Kier molecular flexibility index (Phi) is 3.22. The summed E-state index contributed by atoms with van der Waals surface area (Å²) in [4.78, 5) is 22.3. The first-order valence-electron chi connectivity index (χ1n) is 7.83. The Morgan fingerprint density at radius 2 is 2.00 bits per heavy atom. The molecule has 0 saturated heterocycles. The number of carbonyl (C=O) groups excluding carboxylic acids is 1. The number of nitrogens with one attached hydrogen (secondary N) is 2. The third-order valence-electron chi connectivity index (χ3n) is 4.92. The highest BCUT2D eigenvalue weighted by Gasteiger charge is 2.34. The zero-order chi connectivity index (χ0) is 15.1. The normalized spacial score (nSPS) is 20.5. The highest BCUT2D eigenvalue weighted by molar-refractivity contribution is 5.83. The number of amides is 1. The van der Waals surface area contributed by atoms with Gasteiger partial charge >= 0.3 is 0 Å². The van der Waals surface area contributed by atoms with Crippen LogP contribution < -0.4 is 5.32 Å². The van der Waals surface area contributed by atoms with Gasteiger partial charge in [0.2, 0.25) is 5.91 Å². The van der Waals surface area contributed by atoms with Crippen LogP contribution in [-0.2, 0) is 24.1 Å². The lowest BCUT2D eigenvalue weighted by Crippen LogP contribution is -2.46. The highest BCUT2D eigenvalue weighted by Crippen LogP contribution is 2.27. The number of rotatable bonds is 2. The maximum absolute atomic E-state index is 12.9. The number of likely N-dealkylation sites (N-methyl/N-ethyl adjacent to an activating group) is 1. The molecule has 1 aromatic heterocycles. The summed E-state index contributed by atoms with van der Waals surface area (Å²) < 4.78 is 0. The minimum atomic E-state index is -0.316. The lowest BCUT2D eigenvalue weighted by molar-refractivity contribution is -0.134. The number of hydrogen-bond donors (Lipinski definition) is 2. The molecule has 1 amide bonds. The molecule has 4 rings (SSSR count). The van der Waals surface area contributed by atoms with E-state index in [1.807, 2.05) is 11.9 Å². The smallest absolute Gasteiger partial charge is 0.246 e. The van der Waals surface area contributed by atoms with Crippen molar-refractivity contribution in [3.8, 4) is 0 Å². The summed E-state index contributed by atoms with van der Waals surface area (Å²) in [5, 5.41) is 3.31. The number of fused-ring (bicyclic) bond motifs is 2. The fourth-order valence-electron chi connectivity index (χ4n) is 3.62. The van der Waals surface area contributed by atoms with Gasteiger partial charge in [-0.25, -0.2) is 4.98 Å². The third kappa shape index (κ3) is 2.13.